The van der Waals surface area contributed by atoms with Crippen LogP contribution in [0.4, 0.5) is 11.4 Å². The van der Waals surface area contributed by atoms with Crippen LogP contribution in [0.25, 0.3) is 0 Å². The molecule has 6 nitrogen and oxygen atoms in total. The molecule has 2 fully saturated rings. The number of nitrogens with one attached hydrogen (secondary N) is 1. The number of aryl methyl sites for hydroxylation is 1. The number of anilines is 2. The minimum atomic E-state index is 0.0652. The van der Waals surface area contributed by atoms with Gasteiger partial charge in [-0.3, -0.25) is 9.69 Å². The fourth-order valence-corrected chi connectivity index (χ4v) is 4.63. The molecule has 2 aromatic rings. The SMILES string of the molecule is CCN1CCN(c2ccc(NC(=O)CN3CCC[C@H]3c3cccn3C)cc2)CC1. The fourth-order valence-electron chi connectivity index (χ4n) is 4.63. The van der Waals surface area contributed by atoms with Crippen LogP contribution >= 0.6 is 0 Å². The van der Waals surface area contributed by atoms with Crippen LogP contribution in [-0.2, 0) is 11.8 Å². The summed E-state index contributed by atoms with van der Waals surface area (Å²) in [6.07, 6.45) is 4.34. The summed E-state index contributed by atoms with van der Waals surface area (Å²) >= 11 is 0. The van der Waals surface area contributed by atoms with Crippen molar-refractivity contribution >= 4 is 17.3 Å². The van der Waals surface area contributed by atoms with E-state index in [1.807, 2.05) is 12.1 Å². The Kier molecular flexibility index (Phi) is 6.21. The third-order valence-electron chi connectivity index (χ3n) is 6.37. The summed E-state index contributed by atoms with van der Waals surface area (Å²) in [6, 6.07) is 12.9. The van der Waals surface area contributed by atoms with E-state index >= 15 is 0 Å². The van der Waals surface area contributed by atoms with Crippen LogP contribution in [-0.4, -0.2) is 66.1 Å². The van der Waals surface area contributed by atoms with Crippen molar-refractivity contribution in [3.63, 3.8) is 0 Å². The Morgan fingerprint density at radius 1 is 1.07 bits per heavy atom. The number of rotatable bonds is 6. The fraction of sp³-hybridized carbons (Fsp3) is 0.522. The van der Waals surface area contributed by atoms with Crippen molar-refractivity contribution in [1.82, 2.24) is 14.4 Å². The average molecular weight is 396 g/mol. The predicted molar refractivity (Wildman–Crippen MR) is 118 cm³/mol. The second-order valence-electron chi connectivity index (χ2n) is 8.19. The Bertz CT molecular complexity index is 807. The zero-order valence-corrected chi connectivity index (χ0v) is 17.7. The number of carbonyl (C=O) groups is 1. The second-order valence-corrected chi connectivity index (χ2v) is 8.19. The maximum Gasteiger partial charge on any atom is 0.238 e. The highest BCUT2D eigenvalue weighted by atomic mass is 16.2. The predicted octanol–water partition coefficient (Wildman–Crippen LogP) is 2.94. The molecule has 0 spiro atoms. The molecule has 0 unspecified atom stereocenters. The van der Waals surface area contributed by atoms with Crippen molar-refractivity contribution in [1.29, 1.82) is 0 Å². The molecule has 2 saturated heterocycles. The molecule has 29 heavy (non-hydrogen) atoms. The van der Waals surface area contributed by atoms with E-state index < -0.39 is 0 Å². The summed E-state index contributed by atoms with van der Waals surface area (Å²) in [5.74, 6) is 0.0652. The Hall–Kier alpha value is -2.31. The summed E-state index contributed by atoms with van der Waals surface area (Å²) < 4.78 is 2.17. The minimum Gasteiger partial charge on any atom is -0.369 e. The van der Waals surface area contributed by atoms with Gasteiger partial charge in [0, 0.05) is 56.5 Å². The minimum absolute atomic E-state index is 0.0652. The zero-order valence-electron chi connectivity index (χ0n) is 17.7. The number of piperazine rings is 1. The topological polar surface area (TPSA) is 43.8 Å². The molecular formula is C23H33N5O. The van der Waals surface area contributed by atoms with Crippen LogP contribution in [0.3, 0.4) is 0 Å². The van der Waals surface area contributed by atoms with Gasteiger partial charge >= 0.3 is 0 Å². The first-order valence-electron chi connectivity index (χ1n) is 10.9. The number of nitrogens with zero attached hydrogens (tertiary/aromatic N) is 4. The quantitative estimate of drug-likeness (QED) is 0.817. The Morgan fingerprint density at radius 3 is 2.48 bits per heavy atom. The monoisotopic (exact) mass is 395 g/mol. The molecule has 0 bridgehead atoms. The highest BCUT2D eigenvalue weighted by Gasteiger charge is 2.29. The van der Waals surface area contributed by atoms with Crippen molar-refractivity contribution in [2.24, 2.45) is 7.05 Å². The summed E-state index contributed by atoms with van der Waals surface area (Å²) in [7, 11) is 2.08. The zero-order chi connectivity index (χ0) is 20.2. The number of likely N-dealkylation sites (N-methyl/N-ethyl adjacent to an activating group) is 1. The third kappa shape index (κ3) is 4.65. The number of aromatic nitrogens is 1. The van der Waals surface area contributed by atoms with Gasteiger partial charge in [0.05, 0.1) is 12.6 Å². The first-order valence-corrected chi connectivity index (χ1v) is 10.9. The lowest BCUT2D eigenvalue weighted by Gasteiger charge is -2.35. The van der Waals surface area contributed by atoms with E-state index in [0.717, 1.165) is 57.8 Å². The number of amides is 1. The maximum absolute atomic E-state index is 12.6. The molecule has 3 heterocycles. The molecule has 2 aliphatic rings. The number of hydrogen-bond acceptors (Lipinski definition) is 4. The first-order chi connectivity index (χ1) is 14.1. The molecule has 0 aliphatic carbocycles. The summed E-state index contributed by atoms with van der Waals surface area (Å²) in [6.45, 7) is 9.13. The molecule has 4 rings (SSSR count). The lowest BCUT2D eigenvalue weighted by Crippen LogP contribution is -2.46. The van der Waals surface area contributed by atoms with Gasteiger partial charge in [-0.25, -0.2) is 0 Å². The second kappa shape index (κ2) is 9.01. The highest BCUT2D eigenvalue weighted by Crippen LogP contribution is 2.31. The molecule has 1 aromatic carbocycles. The van der Waals surface area contributed by atoms with Crippen LogP contribution < -0.4 is 10.2 Å². The van der Waals surface area contributed by atoms with E-state index in [-0.39, 0.29) is 5.91 Å². The van der Waals surface area contributed by atoms with Crippen molar-refractivity contribution < 1.29 is 4.79 Å². The Balaban J connectivity index is 1.31. The number of benzene rings is 1. The van der Waals surface area contributed by atoms with E-state index in [1.54, 1.807) is 0 Å². The summed E-state index contributed by atoms with van der Waals surface area (Å²) in [4.78, 5) is 19.8. The lowest BCUT2D eigenvalue weighted by atomic mass is 10.1. The number of hydrogen-bond donors (Lipinski definition) is 1. The van der Waals surface area contributed by atoms with E-state index in [0.29, 0.717) is 12.6 Å². The molecule has 156 valence electrons. The molecule has 0 saturated carbocycles. The number of carbonyl (C=O) groups excluding carboxylic acids is 1. The van der Waals surface area contributed by atoms with Gasteiger partial charge in [-0.2, -0.15) is 0 Å². The lowest BCUT2D eigenvalue weighted by molar-refractivity contribution is -0.117. The van der Waals surface area contributed by atoms with Gasteiger partial charge in [-0.1, -0.05) is 6.92 Å². The molecule has 2 aliphatic heterocycles. The maximum atomic E-state index is 12.6. The van der Waals surface area contributed by atoms with E-state index in [4.69, 9.17) is 0 Å². The van der Waals surface area contributed by atoms with Gasteiger partial charge in [0.1, 0.15) is 0 Å². The summed E-state index contributed by atoms with van der Waals surface area (Å²) in [5.41, 5.74) is 3.41. The van der Waals surface area contributed by atoms with E-state index in [1.165, 1.54) is 11.4 Å². The molecule has 1 amide bonds. The van der Waals surface area contributed by atoms with Gasteiger partial charge in [0.2, 0.25) is 5.91 Å². The van der Waals surface area contributed by atoms with Gasteiger partial charge in [-0.15, -0.1) is 0 Å². The van der Waals surface area contributed by atoms with Crippen LogP contribution in [0, 0.1) is 0 Å². The van der Waals surface area contributed by atoms with Crippen molar-refractivity contribution in [3.8, 4) is 0 Å². The van der Waals surface area contributed by atoms with Crippen LogP contribution in [0.2, 0.25) is 0 Å². The van der Waals surface area contributed by atoms with Crippen LogP contribution in [0.15, 0.2) is 42.6 Å². The molecule has 1 aromatic heterocycles. The third-order valence-corrected chi connectivity index (χ3v) is 6.37. The average Bonchev–Trinajstić information content (AvgIpc) is 3.37. The Labute approximate surface area is 174 Å². The van der Waals surface area contributed by atoms with Crippen LogP contribution in [0.1, 0.15) is 31.5 Å². The van der Waals surface area contributed by atoms with E-state index in [2.05, 4.69) is 69.0 Å². The number of likely N-dealkylation sites (tertiary alicyclic amines) is 1. The van der Waals surface area contributed by atoms with Gasteiger partial charge < -0.3 is 19.7 Å². The van der Waals surface area contributed by atoms with Crippen molar-refractivity contribution in [2.45, 2.75) is 25.8 Å². The van der Waals surface area contributed by atoms with E-state index in [9.17, 15) is 4.79 Å². The molecular weight excluding hydrogens is 362 g/mol. The summed E-state index contributed by atoms with van der Waals surface area (Å²) in [5, 5.41) is 3.08. The highest BCUT2D eigenvalue weighted by molar-refractivity contribution is 5.92. The molecule has 1 atom stereocenters. The molecule has 0 radical (unpaired) electrons. The molecule has 1 N–H and O–H groups in total. The van der Waals surface area contributed by atoms with Crippen molar-refractivity contribution in [3.05, 3.63) is 48.3 Å². The molecule has 6 heteroatoms. The van der Waals surface area contributed by atoms with Crippen LogP contribution in [0.5, 0.6) is 0 Å². The standard InChI is InChI=1S/C23H33N5O/c1-3-26-14-16-27(17-15-26)20-10-8-19(9-11-20)24-23(29)18-28-13-5-7-22(28)21-6-4-12-25(21)2/h4,6,8-12,22H,3,5,7,13-18H2,1-2H3,(H,24,29)/t22-/m0/s1. The Morgan fingerprint density at radius 2 is 1.83 bits per heavy atom. The van der Waals surface area contributed by atoms with Crippen molar-refractivity contribution in [2.75, 3.05) is 56.0 Å². The first kappa shape index (κ1) is 20.0. The largest absolute Gasteiger partial charge is 0.369 e. The normalized spacial score (nSPS) is 20.9. The smallest absolute Gasteiger partial charge is 0.238 e. The van der Waals surface area contributed by atoms with Gasteiger partial charge in [0.15, 0.2) is 0 Å². The van der Waals surface area contributed by atoms with Gasteiger partial charge in [-0.05, 0) is 62.3 Å². The van der Waals surface area contributed by atoms with Gasteiger partial charge in [0.25, 0.3) is 0 Å².